The number of nitrogen functional groups attached to an aromatic ring is 1. The van der Waals surface area contributed by atoms with E-state index in [0.717, 1.165) is 28.1 Å². The number of hydrogen-bond acceptors (Lipinski definition) is 4. The summed E-state index contributed by atoms with van der Waals surface area (Å²) in [6.07, 6.45) is 0.923. The second-order valence-electron chi connectivity index (χ2n) is 4.53. The Morgan fingerprint density at radius 3 is 2.76 bits per heavy atom. The first-order valence-electron chi connectivity index (χ1n) is 6.39. The van der Waals surface area contributed by atoms with E-state index in [4.69, 9.17) is 33.5 Å². The highest BCUT2D eigenvalue weighted by molar-refractivity contribution is 7.13. The molecule has 0 spiro atoms. The van der Waals surface area contributed by atoms with E-state index in [1.165, 1.54) is 5.56 Å². The third-order valence-corrected chi connectivity index (χ3v) is 4.97. The molecule has 0 fully saturated rings. The number of aryl methyl sites for hydroxylation is 1. The second-order valence-corrected chi connectivity index (χ2v) is 6.26. The fourth-order valence-corrected chi connectivity index (χ4v) is 3.49. The standard InChI is InChI=1S/C15H12Cl2N2OS/c1-2-8-5-6-21-14(8)13-12(15(18)20-19-13)9-3-4-10(16)11(17)7-9/h3-7H,2,18H2,1H3. The lowest BCUT2D eigenvalue weighted by molar-refractivity contribution is 0.439. The number of halogens is 2. The minimum Gasteiger partial charge on any atom is -0.367 e. The first kappa shape index (κ1) is 14.4. The van der Waals surface area contributed by atoms with Crippen LogP contribution in [0.4, 0.5) is 5.88 Å². The maximum absolute atomic E-state index is 6.10. The topological polar surface area (TPSA) is 52.0 Å². The highest BCUT2D eigenvalue weighted by atomic mass is 35.5. The van der Waals surface area contributed by atoms with Gasteiger partial charge in [-0.15, -0.1) is 11.3 Å². The Kier molecular flexibility index (Phi) is 3.93. The van der Waals surface area contributed by atoms with E-state index in [1.807, 2.05) is 11.4 Å². The molecule has 0 amide bonds. The summed E-state index contributed by atoms with van der Waals surface area (Å²) in [5.74, 6) is 0.277. The summed E-state index contributed by atoms with van der Waals surface area (Å²) in [5.41, 5.74) is 9.52. The van der Waals surface area contributed by atoms with Crippen LogP contribution in [0.25, 0.3) is 21.7 Å². The van der Waals surface area contributed by atoms with Gasteiger partial charge < -0.3 is 10.3 Å². The van der Waals surface area contributed by atoms with E-state index in [-0.39, 0.29) is 5.88 Å². The molecule has 0 aliphatic heterocycles. The molecular formula is C15H12Cl2N2OS. The van der Waals surface area contributed by atoms with Crippen LogP contribution in [-0.4, -0.2) is 5.16 Å². The van der Waals surface area contributed by atoms with E-state index < -0.39 is 0 Å². The van der Waals surface area contributed by atoms with Crippen LogP contribution < -0.4 is 5.73 Å². The van der Waals surface area contributed by atoms with Gasteiger partial charge in [0.1, 0.15) is 5.69 Å². The van der Waals surface area contributed by atoms with Crippen molar-refractivity contribution in [1.29, 1.82) is 0 Å². The van der Waals surface area contributed by atoms with Crippen molar-refractivity contribution in [3.8, 4) is 21.7 Å². The Hall–Kier alpha value is -1.49. The quantitative estimate of drug-likeness (QED) is 0.683. The number of nitrogens with two attached hydrogens (primary N) is 1. The summed E-state index contributed by atoms with van der Waals surface area (Å²) >= 11 is 13.7. The molecule has 0 atom stereocenters. The Balaban J connectivity index is 2.19. The minimum absolute atomic E-state index is 0.277. The average molecular weight is 339 g/mol. The predicted octanol–water partition coefficient (Wildman–Crippen LogP) is 5.52. The predicted molar refractivity (Wildman–Crippen MR) is 89.1 cm³/mol. The minimum atomic E-state index is 0.277. The molecule has 0 saturated heterocycles. The van der Waals surface area contributed by atoms with Gasteiger partial charge in [-0.2, -0.15) is 0 Å². The third-order valence-electron chi connectivity index (χ3n) is 3.27. The molecule has 2 heterocycles. The molecule has 1 aromatic carbocycles. The SMILES string of the molecule is CCc1ccsc1-c1noc(N)c1-c1ccc(Cl)c(Cl)c1. The monoisotopic (exact) mass is 338 g/mol. The van der Waals surface area contributed by atoms with Crippen LogP contribution in [0.1, 0.15) is 12.5 Å². The van der Waals surface area contributed by atoms with E-state index in [9.17, 15) is 0 Å². The average Bonchev–Trinajstić information content (AvgIpc) is 3.07. The van der Waals surface area contributed by atoms with Gasteiger partial charge in [0.2, 0.25) is 5.88 Å². The van der Waals surface area contributed by atoms with Crippen molar-refractivity contribution in [1.82, 2.24) is 5.16 Å². The molecular weight excluding hydrogens is 327 g/mol. The van der Waals surface area contributed by atoms with Gasteiger partial charge in [0, 0.05) is 0 Å². The molecule has 0 unspecified atom stereocenters. The number of benzene rings is 1. The van der Waals surface area contributed by atoms with Gasteiger partial charge in [-0.05, 0) is 41.1 Å². The number of anilines is 1. The molecule has 21 heavy (non-hydrogen) atoms. The number of hydrogen-bond donors (Lipinski definition) is 1. The van der Waals surface area contributed by atoms with Crippen molar-refractivity contribution in [3.05, 3.63) is 45.3 Å². The largest absolute Gasteiger partial charge is 0.367 e. The second kappa shape index (κ2) is 5.72. The Bertz CT molecular complexity index is 795. The maximum atomic E-state index is 6.10. The fourth-order valence-electron chi connectivity index (χ4n) is 2.21. The Labute approximate surface area is 136 Å². The zero-order chi connectivity index (χ0) is 15.0. The smallest absolute Gasteiger partial charge is 0.230 e. The molecule has 3 nitrogen and oxygen atoms in total. The molecule has 0 aliphatic rings. The molecule has 0 aliphatic carbocycles. The molecule has 108 valence electrons. The van der Waals surface area contributed by atoms with Gasteiger partial charge in [0.25, 0.3) is 0 Å². The normalized spacial score (nSPS) is 11.0. The molecule has 2 N–H and O–H groups in total. The van der Waals surface area contributed by atoms with Crippen LogP contribution in [-0.2, 0) is 6.42 Å². The molecule has 0 saturated carbocycles. The zero-order valence-electron chi connectivity index (χ0n) is 11.2. The maximum Gasteiger partial charge on any atom is 0.230 e. The van der Waals surface area contributed by atoms with Gasteiger partial charge in [-0.3, -0.25) is 0 Å². The van der Waals surface area contributed by atoms with Crippen LogP contribution >= 0.6 is 34.5 Å². The highest BCUT2D eigenvalue weighted by Gasteiger charge is 2.20. The van der Waals surface area contributed by atoms with Crippen molar-refractivity contribution >= 4 is 40.4 Å². The zero-order valence-corrected chi connectivity index (χ0v) is 13.5. The first-order chi connectivity index (χ1) is 10.1. The number of thiophene rings is 1. The van der Waals surface area contributed by atoms with Gasteiger partial charge in [0.05, 0.1) is 20.5 Å². The first-order valence-corrected chi connectivity index (χ1v) is 8.02. The molecule has 6 heteroatoms. The lowest BCUT2D eigenvalue weighted by Crippen LogP contribution is -1.88. The molecule has 0 radical (unpaired) electrons. The summed E-state index contributed by atoms with van der Waals surface area (Å²) < 4.78 is 5.20. The van der Waals surface area contributed by atoms with Crippen molar-refractivity contribution in [3.63, 3.8) is 0 Å². The summed E-state index contributed by atoms with van der Waals surface area (Å²) in [4.78, 5) is 1.07. The van der Waals surface area contributed by atoms with Crippen LogP contribution in [0.2, 0.25) is 10.0 Å². The molecule has 3 rings (SSSR count). The van der Waals surface area contributed by atoms with E-state index in [0.29, 0.717) is 10.0 Å². The summed E-state index contributed by atoms with van der Waals surface area (Å²) in [6.45, 7) is 2.10. The number of aromatic nitrogens is 1. The highest BCUT2D eigenvalue weighted by Crippen LogP contribution is 2.41. The lowest BCUT2D eigenvalue weighted by atomic mass is 10.0. The van der Waals surface area contributed by atoms with E-state index >= 15 is 0 Å². The van der Waals surface area contributed by atoms with Crippen molar-refractivity contribution in [2.45, 2.75) is 13.3 Å². The van der Waals surface area contributed by atoms with Crippen molar-refractivity contribution in [2.24, 2.45) is 0 Å². The summed E-state index contributed by atoms with van der Waals surface area (Å²) in [6, 6.07) is 7.46. The van der Waals surface area contributed by atoms with Gasteiger partial charge in [-0.1, -0.05) is 41.3 Å². The number of rotatable bonds is 3. The van der Waals surface area contributed by atoms with Crippen molar-refractivity contribution < 1.29 is 4.52 Å². The van der Waals surface area contributed by atoms with Crippen LogP contribution in [0.5, 0.6) is 0 Å². The van der Waals surface area contributed by atoms with E-state index in [1.54, 1.807) is 23.5 Å². The Morgan fingerprint density at radius 2 is 2.05 bits per heavy atom. The van der Waals surface area contributed by atoms with Crippen LogP contribution in [0, 0.1) is 0 Å². The molecule has 0 bridgehead atoms. The molecule has 3 aromatic rings. The van der Waals surface area contributed by atoms with Crippen LogP contribution in [0.15, 0.2) is 34.2 Å². The van der Waals surface area contributed by atoms with E-state index in [2.05, 4.69) is 18.1 Å². The fraction of sp³-hybridized carbons (Fsp3) is 0.133. The van der Waals surface area contributed by atoms with Gasteiger partial charge in [0.15, 0.2) is 0 Å². The summed E-state index contributed by atoms with van der Waals surface area (Å²) in [7, 11) is 0. The summed E-state index contributed by atoms with van der Waals surface area (Å²) in [5, 5.41) is 7.15. The lowest BCUT2D eigenvalue weighted by Gasteiger charge is -2.04. The Morgan fingerprint density at radius 1 is 1.24 bits per heavy atom. The molecule has 2 aromatic heterocycles. The van der Waals surface area contributed by atoms with Gasteiger partial charge >= 0.3 is 0 Å². The number of nitrogens with zero attached hydrogens (tertiary/aromatic N) is 1. The van der Waals surface area contributed by atoms with Gasteiger partial charge in [-0.25, -0.2) is 0 Å². The van der Waals surface area contributed by atoms with Crippen LogP contribution in [0.3, 0.4) is 0 Å². The third kappa shape index (κ3) is 2.55. The van der Waals surface area contributed by atoms with Crippen molar-refractivity contribution in [2.75, 3.05) is 5.73 Å².